The zero-order valence-electron chi connectivity index (χ0n) is 13.9. The molecule has 0 aromatic heterocycles. The maximum atomic E-state index is 5.72. The molecule has 1 heterocycles. The van der Waals surface area contributed by atoms with E-state index in [2.05, 4.69) is 45.1 Å². The molecule has 0 saturated carbocycles. The van der Waals surface area contributed by atoms with Crippen LogP contribution in [0, 0.1) is 20.8 Å². The van der Waals surface area contributed by atoms with E-state index in [1.807, 2.05) is 11.8 Å². The molecule has 2 atom stereocenters. The Morgan fingerprint density at radius 1 is 1.29 bits per heavy atom. The van der Waals surface area contributed by atoms with E-state index in [-0.39, 0.29) is 0 Å². The van der Waals surface area contributed by atoms with E-state index in [4.69, 9.17) is 4.74 Å². The lowest BCUT2D eigenvalue weighted by atomic mass is 9.95. The van der Waals surface area contributed by atoms with Gasteiger partial charge in [0, 0.05) is 24.2 Å². The van der Waals surface area contributed by atoms with Crippen LogP contribution in [0.1, 0.15) is 48.1 Å². The zero-order chi connectivity index (χ0) is 15.2. The van der Waals surface area contributed by atoms with Crippen molar-refractivity contribution in [1.29, 1.82) is 0 Å². The number of hydrogen-bond donors (Lipinski definition) is 1. The highest BCUT2D eigenvalue weighted by Gasteiger charge is 2.19. The number of aryl methyl sites for hydroxylation is 3. The van der Waals surface area contributed by atoms with Gasteiger partial charge in [-0.15, -0.1) is 0 Å². The van der Waals surface area contributed by atoms with Crippen LogP contribution in [-0.4, -0.2) is 30.8 Å². The molecule has 1 aliphatic heterocycles. The molecule has 2 rings (SSSR count). The molecule has 0 bridgehead atoms. The van der Waals surface area contributed by atoms with Crippen LogP contribution >= 0.6 is 11.8 Å². The Labute approximate surface area is 134 Å². The van der Waals surface area contributed by atoms with E-state index in [0.29, 0.717) is 12.1 Å². The van der Waals surface area contributed by atoms with Crippen LogP contribution in [0.2, 0.25) is 0 Å². The Kier molecular flexibility index (Phi) is 6.59. The summed E-state index contributed by atoms with van der Waals surface area (Å²) in [5, 5.41) is 3.66. The normalized spacial score (nSPS) is 19.9. The third kappa shape index (κ3) is 4.73. The van der Waals surface area contributed by atoms with Crippen molar-refractivity contribution in [2.75, 3.05) is 24.7 Å². The van der Waals surface area contributed by atoms with Crippen LogP contribution in [0.5, 0.6) is 0 Å². The first-order chi connectivity index (χ1) is 10.1. The van der Waals surface area contributed by atoms with Crippen molar-refractivity contribution in [3.8, 4) is 0 Å². The van der Waals surface area contributed by atoms with Crippen LogP contribution in [0.25, 0.3) is 0 Å². The summed E-state index contributed by atoms with van der Waals surface area (Å²) in [5.41, 5.74) is 5.67. The van der Waals surface area contributed by atoms with E-state index < -0.39 is 0 Å². The van der Waals surface area contributed by atoms with Crippen LogP contribution in [0.15, 0.2) is 12.1 Å². The lowest BCUT2D eigenvalue weighted by Crippen LogP contribution is -2.25. The molecule has 1 N–H and O–H groups in total. The Morgan fingerprint density at radius 3 is 2.57 bits per heavy atom. The molecule has 0 spiro atoms. The smallest absolute Gasteiger partial charge is 0.0666 e. The maximum absolute atomic E-state index is 5.72. The molecule has 0 radical (unpaired) electrons. The zero-order valence-corrected chi connectivity index (χ0v) is 14.7. The number of nitrogens with one attached hydrogen (secondary N) is 1. The maximum Gasteiger partial charge on any atom is 0.0666 e. The minimum absolute atomic E-state index is 0.446. The van der Waals surface area contributed by atoms with Gasteiger partial charge >= 0.3 is 0 Å². The van der Waals surface area contributed by atoms with Crippen LogP contribution < -0.4 is 5.32 Å². The molecule has 1 fully saturated rings. The Balaban J connectivity index is 2.00. The van der Waals surface area contributed by atoms with Crippen molar-refractivity contribution < 1.29 is 4.74 Å². The Hall–Kier alpha value is -0.510. The average Bonchev–Trinajstić information content (AvgIpc) is 2.90. The first-order valence-corrected chi connectivity index (χ1v) is 9.27. The quantitative estimate of drug-likeness (QED) is 0.816. The van der Waals surface area contributed by atoms with Crippen molar-refractivity contribution in [2.24, 2.45) is 0 Å². The van der Waals surface area contributed by atoms with Crippen molar-refractivity contribution in [1.82, 2.24) is 5.32 Å². The molecule has 1 aromatic carbocycles. The van der Waals surface area contributed by atoms with Crippen molar-refractivity contribution in [2.45, 2.75) is 52.7 Å². The standard InChI is InChI=1S/C18H29NOS/c1-5-19-17(12-21-11-16-7-6-8-20-16)18-14(3)9-13(2)10-15(18)4/h9-10,16-17,19H,5-8,11-12H2,1-4H3. The molecule has 1 aliphatic rings. The van der Waals surface area contributed by atoms with Gasteiger partial charge in [0.15, 0.2) is 0 Å². The van der Waals surface area contributed by atoms with E-state index >= 15 is 0 Å². The SMILES string of the molecule is CCNC(CSCC1CCCO1)c1c(C)cc(C)cc1C. The fourth-order valence-electron chi connectivity index (χ4n) is 3.32. The highest BCUT2D eigenvalue weighted by atomic mass is 32.2. The van der Waals surface area contributed by atoms with Gasteiger partial charge in [-0.05, 0) is 56.8 Å². The first kappa shape index (κ1) is 16.9. The van der Waals surface area contributed by atoms with E-state index in [1.165, 1.54) is 35.1 Å². The number of benzene rings is 1. The molecule has 3 heteroatoms. The lowest BCUT2D eigenvalue weighted by Gasteiger charge is -2.23. The van der Waals surface area contributed by atoms with Crippen molar-refractivity contribution in [3.63, 3.8) is 0 Å². The molecule has 1 saturated heterocycles. The molecule has 2 nitrogen and oxygen atoms in total. The van der Waals surface area contributed by atoms with Crippen LogP contribution in [0.4, 0.5) is 0 Å². The Bertz CT molecular complexity index is 432. The monoisotopic (exact) mass is 307 g/mol. The highest BCUT2D eigenvalue weighted by molar-refractivity contribution is 7.99. The summed E-state index contributed by atoms with van der Waals surface area (Å²) in [6, 6.07) is 5.05. The second-order valence-corrected chi connectivity index (χ2v) is 7.17. The van der Waals surface area contributed by atoms with Gasteiger partial charge in [-0.25, -0.2) is 0 Å². The summed E-state index contributed by atoms with van der Waals surface area (Å²) in [5.74, 6) is 2.25. The van der Waals surface area contributed by atoms with E-state index in [0.717, 1.165) is 24.7 Å². The summed E-state index contributed by atoms with van der Waals surface area (Å²) < 4.78 is 5.72. The van der Waals surface area contributed by atoms with Crippen LogP contribution in [0.3, 0.4) is 0 Å². The van der Waals surface area contributed by atoms with Crippen LogP contribution in [-0.2, 0) is 4.74 Å². The largest absolute Gasteiger partial charge is 0.377 e. The Morgan fingerprint density at radius 2 is 2.00 bits per heavy atom. The van der Waals surface area contributed by atoms with Gasteiger partial charge in [0.1, 0.15) is 0 Å². The molecule has 118 valence electrons. The summed E-state index contributed by atoms with van der Waals surface area (Å²) >= 11 is 2.03. The summed E-state index contributed by atoms with van der Waals surface area (Å²) in [6.07, 6.45) is 2.96. The number of ether oxygens (including phenoxy) is 1. The average molecular weight is 308 g/mol. The van der Waals surface area contributed by atoms with Gasteiger partial charge in [0.25, 0.3) is 0 Å². The van der Waals surface area contributed by atoms with Gasteiger partial charge in [0.2, 0.25) is 0 Å². The lowest BCUT2D eigenvalue weighted by molar-refractivity contribution is 0.129. The number of rotatable bonds is 7. The first-order valence-electron chi connectivity index (χ1n) is 8.12. The van der Waals surface area contributed by atoms with Crippen molar-refractivity contribution in [3.05, 3.63) is 34.4 Å². The third-order valence-corrected chi connectivity index (χ3v) is 5.33. The molecule has 2 unspecified atom stereocenters. The second kappa shape index (κ2) is 8.21. The molecule has 1 aromatic rings. The predicted molar refractivity (Wildman–Crippen MR) is 93.4 cm³/mol. The fourth-order valence-corrected chi connectivity index (χ4v) is 4.51. The molecule has 0 aliphatic carbocycles. The fraction of sp³-hybridized carbons (Fsp3) is 0.667. The minimum Gasteiger partial charge on any atom is -0.377 e. The number of hydrogen-bond acceptors (Lipinski definition) is 3. The summed E-state index contributed by atoms with van der Waals surface area (Å²) in [4.78, 5) is 0. The molecular weight excluding hydrogens is 278 g/mol. The van der Waals surface area contributed by atoms with Gasteiger partial charge < -0.3 is 10.1 Å². The van der Waals surface area contributed by atoms with Gasteiger partial charge in [0.05, 0.1) is 6.10 Å². The topological polar surface area (TPSA) is 21.3 Å². The molecule has 0 amide bonds. The molecular formula is C18H29NOS. The molecule has 21 heavy (non-hydrogen) atoms. The highest BCUT2D eigenvalue weighted by Crippen LogP contribution is 2.27. The summed E-state index contributed by atoms with van der Waals surface area (Å²) in [7, 11) is 0. The third-order valence-electron chi connectivity index (χ3n) is 4.15. The van der Waals surface area contributed by atoms with Gasteiger partial charge in [-0.2, -0.15) is 11.8 Å². The number of thioether (sulfide) groups is 1. The van der Waals surface area contributed by atoms with E-state index in [1.54, 1.807) is 0 Å². The predicted octanol–water partition coefficient (Wildman–Crippen LogP) is 4.17. The second-order valence-electron chi connectivity index (χ2n) is 6.10. The van der Waals surface area contributed by atoms with E-state index in [9.17, 15) is 0 Å². The van der Waals surface area contributed by atoms with Gasteiger partial charge in [-0.1, -0.05) is 24.6 Å². The summed E-state index contributed by atoms with van der Waals surface area (Å²) in [6.45, 7) is 10.8. The van der Waals surface area contributed by atoms with Gasteiger partial charge in [-0.3, -0.25) is 0 Å². The minimum atomic E-state index is 0.446. The van der Waals surface area contributed by atoms with Crippen molar-refractivity contribution >= 4 is 11.8 Å².